The summed E-state index contributed by atoms with van der Waals surface area (Å²) in [6.45, 7) is 3.48. The summed E-state index contributed by atoms with van der Waals surface area (Å²) < 4.78 is 0. The topological polar surface area (TPSA) is 66.6 Å². The average Bonchev–Trinajstić information content (AvgIpc) is 2.15. The second-order valence-electron chi connectivity index (χ2n) is 3.66. The first kappa shape index (κ1) is 17.4. The molecule has 1 rings (SSSR count). The van der Waals surface area contributed by atoms with Crippen molar-refractivity contribution in [1.82, 2.24) is 4.90 Å². The highest BCUT2D eigenvalue weighted by atomic mass is 35.5. The van der Waals surface area contributed by atoms with Gasteiger partial charge in [0.1, 0.15) is 0 Å². The van der Waals surface area contributed by atoms with E-state index in [9.17, 15) is 4.79 Å². The molecule has 0 aliphatic carbocycles. The summed E-state index contributed by atoms with van der Waals surface area (Å²) in [5.41, 5.74) is 5.56. The number of nitrogens with zero attached hydrogens (tertiary/aromatic N) is 1. The second-order valence-corrected chi connectivity index (χ2v) is 3.66. The van der Waals surface area contributed by atoms with Crippen molar-refractivity contribution in [2.24, 2.45) is 11.7 Å². The fraction of sp³-hybridized carbons (Fsp3) is 0.889. The van der Waals surface area contributed by atoms with Gasteiger partial charge in [-0.15, -0.1) is 24.8 Å². The molecule has 1 heterocycles. The highest BCUT2D eigenvalue weighted by Crippen LogP contribution is 2.15. The zero-order chi connectivity index (χ0) is 9.68. The van der Waals surface area contributed by atoms with Crippen LogP contribution in [-0.4, -0.2) is 42.2 Å². The minimum atomic E-state index is -0.707. The maximum Gasteiger partial charge on any atom is 0.304 e. The first-order valence-electron chi connectivity index (χ1n) is 4.86. The zero-order valence-corrected chi connectivity index (χ0v) is 10.4. The number of rotatable bonds is 4. The van der Waals surface area contributed by atoms with E-state index in [0.29, 0.717) is 12.5 Å². The Labute approximate surface area is 103 Å². The number of carbonyl (C=O) groups is 1. The predicted octanol–water partition coefficient (Wildman–Crippen LogP) is 0.975. The van der Waals surface area contributed by atoms with E-state index in [1.807, 2.05) is 0 Å². The van der Waals surface area contributed by atoms with Crippen LogP contribution in [0.2, 0.25) is 0 Å². The molecule has 1 saturated heterocycles. The van der Waals surface area contributed by atoms with Crippen LogP contribution >= 0.6 is 24.8 Å². The van der Waals surface area contributed by atoms with Crippen molar-refractivity contribution < 1.29 is 9.90 Å². The molecular formula is C9H20Cl2N2O2. The number of nitrogens with two attached hydrogens (primary N) is 1. The molecule has 0 aromatic heterocycles. The summed E-state index contributed by atoms with van der Waals surface area (Å²) in [6, 6.07) is 0. The van der Waals surface area contributed by atoms with E-state index in [1.165, 1.54) is 0 Å². The number of halogens is 2. The third-order valence-electron chi connectivity index (χ3n) is 2.68. The third-order valence-corrected chi connectivity index (χ3v) is 2.68. The van der Waals surface area contributed by atoms with Crippen molar-refractivity contribution in [1.29, 1.82) is 0 Å². The molecule has 1 fully saturated rings. The molecule has 0 saturated carbocycles. The Hall–Kier alpha value is -0.0300. The molecule has 0 radical (unpaired) electrons. The minimum absolute atomic E-state index is 0. The molecule has 1 aliphatic rings. The van der Waals surface area contributed by atoms with Gasteiger partial charge in [0.2, 0.25) is 0 Å². The maximum atomic E-state index is 10.3. The van der Waals surface area contributed by atoms with Crippen LogP contribution in [0.25, 0.3) is 0 Å². The first-order valence-corrected chi connectivity index (χ1v) is 4.86. The molecule has 15 heavy (non-hydrogen) atoms. The molecule has 92 valence electrons. The summed E-state index contributed by atoms with van der Waals surface area (Å²) in [4.78, 5) is 12.5. The van der Waals surface area contributed by atoms with Crippen LogP contribution in [0.15, 0.2) is 0 Å². The molecular weight excluding hydrogens is 239 g/mol. The van der Waals surface area contributed by atoms with E-state index in [2.05, 4.69) is 4.90 Å². The fourth-order valence-corrected chi connectivity index (χ4v) is 1.70. The Morgan fingerprint density at radius 2 is 1.87 bits per heavy atom. The van der Waals surface area contributed by atoms with Gasteiger partial charge >= 0.3 is 5.97 Å². The number of hydrogen-bond acceptors (Lipinski definition) is 3. The van der Waals surface area contributed by atoms with Crippen molar-refractivity contribution in [2.75, 3.05) is 26.2 Å². The van der Waals surface area contributed by atoms with Crippen molar-refractivity contribution in [3.8, 4) is 0 Å². The summed E-state index contributed by atoms with van der Waals surface area (Å²) in [7, 11) is 0. The number of aliphatic carboxylic acids is 1. The Balaban J connectivity index is 0. The number of likely N-dealkylation sites (tertiary alicyclic amines) is 1. The molecule has 0 bridgehead atoms. The standard InChI is InChI=1S/C9H18N2O2.2ClH/c10-7-8-1-4-11(5-2-8)6-3-9(12)13;;/h8H,1-7,10H2,(H,12,13);2*1H. The monoisotopic (exact) mass is 258 g/mol. The Morgan fingerprint density at radius 3 is 2.27 bits per heavy atom. The number of carboxylic acid groups (broad SMARTS) is 1. The molecule has 6 heteroatoms. The summed E-state index contributed by atoms with van der Waals surface area (Å²) in [6.07, 6.45) is 2.50. The van der Waals surface area contributed by atoms with Gasteiger partial charge in [-0.3, -0.25) is 4.79 Å². The second kappa shape index (κ2) is 9.21. The molecule has 0 unspecified atom stereocenters. The van der Waals surface area contributed by atoms with Gasteiger partial charge in [0, 0.05) is 6.54 Å². The van der Waals surface area contributed by atoms with Crippen LogP contribution in [0.4, 0.5) is 0 Å². The maximum absolute atomic E-state index is 10.3. The highest BCUT2D eigenvalue weighted by Gasteiger charge is 2.17. The van der Waals surface area contributed by atoms with Crippen molar-refractivity contribution >= 4 is 30.8 Å². The number of hydrogen-bond donors (Lipinski definition) is 2. The zero-order valence-electron chi connectivity index (χ0n) is 8.72. The summed E-state index contributed by atoms with van der Waals surface area (Å²) in [5, 5.41) is 8.50. The van der Waals surface area contributed by atoms with Crippen LogP contribution in [0, 0.1) is 5.92 Å². The Kier molecular flexibility index (Phi) is 10.7. The third kappa shape index (κ3) is 6.95. The molecule has 3 N–H and O–H groups in total. The molecule has 0 atom stereocenters. The summed E-state index contributed by atoms with van der Waals surface area (Å²) >= 11 is 0. The van der Waals surface area contributed by atoms with Gasteiger partial charge in [0.25, 0.3) is 0 Å². The highest BCUT2D eigenvalue weighted by molar-refractivity contribution is 5.85. The fourth-order valence-electron chi connectivity index (χ4n) is 1.70. The van der Waals surface area contributed by atoms with Gasteiger partial charge in [0.15, 0.2) is 0 Å². The lowest BCUT2D eigenvalue weighted by Gasteiger charge is -2.30. The summed E-state index contributed by atoms with van der Waals surface area (Å²) in [5.74, 6) is -0.0537. The number of carboxylic acids is 1. The molecule has 1 aliphatic heterocycles. The van der Waals surface area contributed by atoms with Gasteiger partial charge in [0.05, 0.1) is 6.42 Å². The smallest absolute Gasteiger partial charge is 0.304 e. The van der Waals surface area contributed by atoms with Gasteiger partial charge < -0.3 is 15.7 Å². The average molecular weight is 259 g/mol. The van der Waals surface area contributed by atoms with E-state index in [-0.39, 0.29) is 31.2 Å². The van der Waals surface area contributed by atoms with Crippen molar-refractivity contribution in [3.63, 3.8) is 0 Å². The van der Waals surface area contributed by atoms with Crippen LogP contribution in [0.3, 0.4) is 0 Å². The van der Waals surface area contributed by atoms with E-state index < -0.39 is 5.97 Å². The Bertz CT molecular complexity index is 173. The minimum Gasteiger partial charge on any atom is -0.481 e. The molecule has 0 spiro atoms. The van der Waals surface area contributed by atoms with Gasteiger partial charge in [-0.1, -0.05) is 0 Å². The van der Waals surface area contributed by atoms with E-state index >= 15 is 0 Å². The van der Waals surface area contributed by atoms with E-state index in [0.717, 1.165) is 32.5 Å². The van der Waals surface area contributed by atoms with Crippen LogP contribution in [0.1, 0.15) is 19.3 Å². The molecule has 4 nitrogen and oxygen atoms in total. The van der Waals surface area contributed by atoms with Gasteiger partial charge in [-0.2, -0.15) is 0 Å². The SMILES string of the molecule is Cl.Cl.NCC1CCN(CCC(=O)O)CC1. The van der Waals surface area contributed by atoms with Crippen LogP contribution in [-0.2, 0) is 4.79 Å². The first-order chi connectivity index (χ1) is 6.22. The van der Waals surface area contributed by atoms with Gasteiger partial charge in [-0.25, -0.2) is 0 Å². The Morgan fingerprint density at radius 1 is 1.33 bits per heavy atom. The largest absolute Gasteiger partial charge is 0.481 e. The van der Waals surface area contributed by atoms with Crippen molar-refractivity contribution in [3.05, 3.63) is 0 Å². The van der Waals surface area contributed by atoms with E-state index in [1.54, 1.807) is 0 Å². The lowest BCUT2D eigenvalue weighted by Crippen LogP contribution is -2.37. The van der Waals surface area contributed by atoms with Crippen molar-refractivity contribution in [2.45, 2.75) is 19.3 Å². The molecule has 0 aromatic rings. The lowest BCUT2D eigenvalue weighted by atomic mass is 9.97. The lowest BCUT2D eigenvalue weighted by molar-refractivity contribution is -0.137. The normalized spacial score (nSPS) is 17.7. The van der Waals surface area contributed by atoms with Gasteiger partial charge in [-0.05, 0) is 38.4 Å². The number of piperidine rings is 1. The predicted molar refractivity (Wildman–Crippen MR) is 65.0 cm³/mol. The quantitative estimate of drug-likeness (QED) is 0.789. The van der Waals surface area contributed by atoms with E-state index in [4.69, 9.17) is 10.8 Å². The molecule has 0 aromatic carbocycles. The molecule has 0 amide bonds. The van der Waals surface area contributed by atoms with Crippen LogP contribution in [0.5, 0.6) is 0 Å². The van der Waals surface area contributed by atoms with Crippen LogP contribution < -0.4 is 5.73 Å².